The molecular weight excluding hydrogens is 248 g/mol. The average Bonchev–Trinajstić information content (AvgIpc) is 2.77. The van der Waals surface area contributed by atoms with Gasteiger partial charge in [-0.3, -0.25) is 9.59 Å². The van der Waals surface area contributed by atoms with E-state index in [2.05, 4.69) is 0 Å². The standard InChI is InChI=1S/C13H18N2O4/c1-13(19)5-7-15(8-10(13)16)12(18)11(17)9-4-3-6-14(9)2/h3-4,6,10,16,19H,5,7-8H2,1-2H3/t10-,13+/m1/s1. The van der Waals surface area contributed by atoms with Crippen LogP contribution in [0.3, 0.4) is 0 Å². The molecule has 1 amide bonds. The first-order valence-electron chi connectivity index (χ1n) is 6.18. The third-order valence-corrected chi connectivity index (χ3v) is 3.66. The quantitative estimate of drug-likeness (QED) is 0.561. The number of aliphatic hydroxyl groups excluding tert-OH is 1. The largest absolute Gasteiger partial charge is 0.388 e. The SMILES string of the molecule is Cn1cccc1C(=O)C(=O)N1CC[C@](C)(O)[C@H](O)C1. The Morgan fingerprint density at radius 1 is 1.47 bits per heavy atom. The number of aliphatic hydroxyl groups is 2. The minimum absolute atomic E-state index is 0.0258. The van der Waals surface area contributed by atoms with E-state index < -0.39 is 23.4 Å². The number of hydrogen-bond donors (Lipinski definition) is 2. The van der Waals surface area contributed by atoms with Crippen molar-refractivity contribution in [1.29, 1.82) is 0 Å². The maximum Gasteiger partial charge on any atom is 0.296 e. The van der Waals surface area contributed by atoms with Crippen LogP contribution < -0.4 is 0 Å². The van der Waals surface area contributed by atoms with Crippen LogP contribution in [0.1, 0.15) is 23.8 Å². The number of β-amino-alcohol motifs (C(OH)–C–C–N with tert-alkyl or cyclic N) is 1. The van der Waals surface area contributed by atoms with Gasteiger partial charge in [0.1, 0.15) is 0 Å². The molecule has 1 aromatic rings. The van der Waals surface area contributed by atoms with Crippen LogP contribution in [0.4, 0.5) is 0 Å². The summed E-state index contributed by atoms with van der Waals surface area (Å²) < 4.78 is 1.58. The Bertz CT molecular complexity index is 506. The molecule has 0 spiro atoms. The van der Waals surface area contributed by atoms with E-state index in [1.807, 2.05) is 0 Å². The van der Waals surface area contributed by atoms with Crippen LogP contribution in [-0.2, 0) is 11.8 Å². The fraction of sp³-hybridized carbons (Fsp3) is 0.538. The van der Waals surface area contributed by atoms with Gasteiger partial charge in [0.25, 0.3) is 11.7 Å². The fourth-order valence-corrected chi connectivity index (χ4v) is 2.16. The Balaban J connectivity index is 2.10. The maximum atomic E-state index is 12.1. The van der Waals surface area contributed by atoms with Crippen molar-refractivity contribution in [2.24, 2.45) is 7.05 Å². The molecule has 6 heteroatoms. The molecule has 0 saturated carbocycles. The van der Waals surface area contributed by atoms with Crippen LogP contribution >= 0.6 is 0 Å². The molecule has 6 nitrogen and oxygen atoms in total. The molecule has 1 aromatic heterocycles. The highest BCUT2D eigenvalue weighted by atomic mass is 16.3. The Labute approximate surface area is 111 Å². The van der Waals surface area contributed by atoms with E-state index in [4.69, 9.17) is 0 Å². The van der Waals surface area contributed by atoms with Crippen LogP contribution in [0.5, 0.6) is 0 Å². The van der Waals surface area contributed by atoms with Crippen molar-refractivity contribution in [1.82, 2.24) is 9.47 Å². The molecule has 104 valence electrons. The number of aryl methyl sites for hydroxylation is 1. The summed E-state index contributed by atoms with van der Waals surface area (Å²) in [5.74, 6) is -1.24. The number of likely N-dealkylation sites (tertiary alicyclic amines) is 1. The lowest BCUT2D eigenvalue weighted by molar-refractivity contribution is -0.141. The van der Waals surface area contributed by atoms with Gasteiger partial charge in [0, 0.05) is 26.3 Å². The number of ketones is 1. The lowest BCUT2D eigenvalue weighted by Gasteiger charge is -2.39. The van der Waals surface area contributed by atoms with Crippen LogP contribution in [-0.4, -0.2) is 56.2 Å². The molecule has 0 bridgehead atoms. The Morgan fingerprint density at radius 3 is 2.68 bits per heavy atom. The second-order valence-electron chi connectivity index (χ2n) is 5.21. The molecule has 1 saturated heterocycles. The predicted octanol–water partition coefficient (Wildman–Crippen LogP) is -0.448. The molecule has 2 atom stereocenters. The number of nitrogens with zero attached hydrogens (tertiary/aromatic N) is 2. The van der Waals surface area contributed by atoms with E-state index in [0.717, 1.165) is 0 Å². The topological polar surface area (TPSA) is 82.8 Å². The summed E-state index contributed by atoms with van der Waals surface area (Å²) in [6.07, 6.45) is 0.905. The van der Waals surface area contributed by atoms with Gasteiger partial charge < -0.3 is 19.7 Å². The first-order valence-corrected chi connectivity index (χ1v) is 6.18. The van der Waals surface area contributed by atoms with Crippen molar-refractivity contribution >= 4 is 11.7 Å². The molecule has 0 aromatic carbocycles. The molecule has 0 aliphatic carbocycles. The van der Waals surface area contributed by atoms with Gasteiger partial charge in [0.05, 0.1) is 17.4 Å². The van der Waals surface area contributed by atoms with Crippen LogP contribution in [0.25, 0.3) is 0 Å². The number of carbonyl (C=O) groups is 2. The summed E-state index contributed by atoms with van der Waals surface area (Å²) in [4.78, 5) is 25.4. The number of amides is 1. The van der Waals surface area contributed by atoms with E-state index in [0.29, 0.717) is 5.69 Å². The summed E-state index contributed by atoms with van der Waals surface area (Å²) in [7, 11) is 1.69. The summed E-state index contributed by atoms with van der Waals surface area (Å²) in [6, 6.07) is 3.27. The zero-order valence-electron chi connectivity index (χ0n) is 11.0. The molecule has 1 fully saturated rings. The van der Waals surface area contributed by atoms with E-state index in [9.17, 15) is 19.8 Å². The Hall–Kier alpha value is -1.66. The molecule has 1 aliphatic rings. The number of aromatic nitrogens is 1. The molecule has 2 N–H and O–H groups in total. The molecule has 0 unspecified atom stereocenters. The second kappa shape index (κ2) is 4.79. The normalized spacial score (nSPS) is 27.4. The predicted molar refractivity (Wildman–Crippen MR) is 67.6 cm³/mol. The Morgan fingerprint density at radius 2 is 2.16 bits per heavy atom. The monoisotopic (exact) mass is 266 g/mol. The fourth-order valence-electron chi connectivity index (χ4n) is 2.16. The third-order valence-electron chi connectivity index (χ3n) is 3.66. The smallest absolute Gasteiger partial charge is 0.296 e. The zero-order chi connectivity index (χ0) is 14.2. The van der Waals surface area contributed by atoms with Gasteiger partial charge in [0.15, 0.2) is 0 Å². The number of carbonyl (C=O) groups excluding carboxylic acids is 2. The lowest BCUT2D eigenvalue weighted by atomic mass is 9.90. The van der Waals surface area contributed by atoms with Gasteiger partial charge in [-0.1, -0.05) is 0 Å². The van der Waals surface area contributed by atoms with Gasteiger partial charge in [-0.05, 0) is 25.5 Å². The van der Waals surface area contributed by atoms with Crippen LogP contribution in [0, 0.1) is 0 Å². The maximum absolute atomic E-state index is 12.1. The molecule has 0 radical (unpaired) electrons. The van der Waals surface area contributed by atoms with Crippen molar-refractivity contribution in [3.8, 4) is 0 Å². The van der Waals surface area contributed by atoms with E-state index >= 15 is 0 Å². The van der Waals surface area contributed by atoms with Gasteiger partial charge in [0.2, 0.25) is 0 Å². The van der Waals surface area contributed by atoms with Crippen molar-refractivity contribution in [3.63, 3.8) is 0 Å². The first-order chi connectivity index (χ1) is 8.83. The zero-order valence-corrected chi connectivity index (χ0v) is 11.0. The summed E-state index contributed by atoms with van der Waals surface area (Å²) in [6.45, 7) is 1.76. The highest BCUT2D eigenvalue weighted by molar-refractivity contribution is 6.42. The summed E-state index contributed by atoms with van der Waals surface area (Å²) in [5.41, 5.74) is -0.887. The summed E-state index contributed by atoms with van der Waals surface area (Å²) in [5, 5.41) is 19.6. The van der Waals surface area contributed by atoms with Crippen LogP contribution in [0.2, 0.25) is 0 Å². The molecular formula is C13H18N2O4. The van der Waals surface area contributed by atoms with Crippen molar-refractivity contribution in [2.75, 3.05) is 13.1 Å². The van der Waals surface area contributed by atoms with Gasteiger partial charge in [-0.15, -0.1) is 0 Å². The highest BCUT2D eigenvalue weighted by Crippen LogP contribution is 2.22. The summed E-state index contributed by atoms with van der Waals surface area (Å²) >= 11 is 0. The van der Waals surface area contributed by atoms with Crippen molar-refractivity contribution in [3.05, 3.63) is 24.0 Å². The van der Waals surface area contributed by atoms with Crippen LogP contribution in [0.15, 0.2) is 18.3 Å². The molecule has 19 heavy (non-hydrogen) atoms. The number of piperidine rings is 1. The van der Waals surface area contributed by atoms with Crippen molar-refractivity contribution in [2.45, 2.75) is 25.0 Å². The number of rotatable bonds is 2. The number of Topliss-reactive ketones (excluding diaryl/α,β-unsaturated/α-hetero) is 1. The van der Waals surface area contributed by atoms with E-state index in [1.54, 1.807) is 29.9 Å². The second-order valence-corrected chi connectivity index (χ2v) is 5.21. The lowest BCUT2D eigenvalue weighted by Crippen LogP contribution is -2.56. The minimum atomic E-state index is -1.20. The molecule has 1 aliphatic heterocycles. The number of hydrogen-bond acceptors (Lipinski definition) is 4. The third kappa shape index (κ3) is 2.54. The Kier molecular flexibility index (Phi) is 3.47. The van der Waals surface area contributed by atoms with E-state index in [1.165, 1.54) is 11.8 Å². The van der Waals surface area contributed by atoms with Gasteiger partial charge in [-0.2, -0.15) is 0 Å². The average molecular weight is 266 g/mol. The molecule has 2 heterocycles. The highest BCUT2D eigenvalue weighted by Gasteiger charge is 2.39. The minimum Gasteiger partial charge on any atom is -0.388 e. The molecule has 2 rings (SSSR count). The van der Waals surface area contributed by atoms with E-state index in [-0.39, 0.29) is 19.5 Å². The first kappa shape index (κ1) is 13.8. The van der Waals surface area contributed by atoms with Crippen molar-refractivity contribution < 1.29 is 19.8 Å². The van der Waals surface area contributed by atoms with Gasteiger partial charge >= 0.3 is 0 Å². The van der Waals surface area contributed by atoms with Gasteiger partial charge in [-0.25, -0.2) is 0 Å².